The maximum absolute atomic E-state index is 6.13. The summed E-state index contributed by atoms with van der Waals surface area (Å²) >= 11 is 7.73. The standard InChI is InChI=1S/C12H14ClN3S/c1-16(2)12-15-11(14)10(17-12)7-8-5-3-4-6-9(8)13/h3-6H,7,14H2,1-2H3. The van der Waals surface area contributed by atoms with Crippen molar-refractivity contribution in [1.29, 1.82) is 0 Å². The van der Waals surface area contributed by atoms with Crippen molar-refractivity contribution in [2.24, 2.45) is 0 Å². The van der Waals surface area contributed by atoms with Crippen molar-refractivity contribution in [3.05, 3.63) is 39.7 Å². The maximum atomic E-state index is 6.13. The first-order valence-corrected chi connectivity index (χ1v) is 6.43. The molecule has 0 saturated heterocycles. The average Bonchev–Trinajstić information content (AvgIpc) is 2.64. The number of nitrogen functional groups attached to an aromatic ring is 1. The number of halogens is 1. The van der Waals surface area contributed by atoms with Crippen molar-refractivity contribution in [2.45, 2.75) is 6.42 Å². The molecular formula is C12H14ClN3S. The van der Waals surface area contributed by atoms with E-state index in [9.17, 15) is 0 Å². The summed E-state index contributed by atoms with van der Waals surface area (Å²) in [5.74, 6) is 0.596. The number of rotatable bonds is 3. The summed E-state index contributed by atoms with van der Waals surface area (Å²) < 4.78 is 0. The SMILES string of the molecule is CN(C)c1nc(N)c(Cc2ccccc2Cl)s1. The van der Waals surface area contributed by atoms with Gasteiger partial charge < -0.3 is 10.6 Å². The molecule has 0 aliphatic heterocycles. The minimum Gasteiger partial charge on any atom is -0.383 e. The summed E-state index contributed by atoms with van der Waals surface area (Å²) in [7, 11) is 3.91. The molecule has 0 saturated carbocycles. The van der Waals surface area contributed by atoms with Crippen LogP contribution < -0.4 is 10.6 Å². The second kappa shape index (κ2) is 4.94. The highest BCUT2D eigenvalue weighted by molar-refractivity contribution is 7.16. The van der Waals surface area contributed by atoms with Gasteiger partial charge >= 0.3 is 0 Å². The molecule has 0 aliphatic carbocycles. The molecule has 2 N–H and O–H groups in total. The van der Waals surface area contributed by atoms with Gasteiger partial charge in [-0.25, -0.2) is 4.98 Å². The molecule has 0 spiro atoms. The summed E-state index contributed by atoms with van der Waals surface area (Å²) in [5, 5.41) is 1.69. The molecule has 5 heteroatoms. The van der Waals surface area contributed by atoms with Crippen molar-refractivity contribution in [1.82, 2.24) is 4.98 Å². The van der Waals surface area contributed by atoms with Gasteiger partial charge in [-0.1, -0.05) is 41.1 Å². The lowest BCUT2D eigenvalue weighted by atomic mass is 10.1. The lowest BCUT2D eigenvalue weighted by molar-refractivity contribution is 1.10. The summed E-state index contributed by atoms with van der Waals surface area (Å²) in [6.45, 7) is 0. The van der Waals surface area contributed by atoms with E-state index in [2.05, 4.69) is 4.98 Å². The van der Waals surface area contributed by atoms with Gasteiger partial charge in [-0.15, -0.1) is 0 Å². The number of nitrogens with zero attached hydrogens (tertiary/aromatic N) is 2. The normalized spacial score (nSPS) is 10.5. The third-order valence-corrected chi connectivity index (χ3v) is 4.02. The zero-order chi connectivity index (χ0) is 12.4. The van der Waals surface area contributed by atoms with E-state index < -0.39 is 0 Å². The van der Waals surface area contributed by atoms with Gasteiger partial charge in [-0.05, 0) is 11.6 Å². The molecule has 0 fully saturated rings. The molecule has 1 aromatic heterocycles. The van der Waals surface area contributed by atoms with Gasteiger partial charge in [-0.2, -0.15) is 0 Å². The second-order valence-corrected chi connectivity index (χ2v) is 5.44. The molecule has 0 radical (unpaired) electrons. The molecular weight excluding hydrogens is 254 g/mol. The molecule has 0 bridgehead atoms. The lowest BCUT2D eigenvalue weighted by Gasteiger charge is -2.05. The third-order valence-electron chi connectivity index (χ3n) is 2.41. The fraction of sp³-hybridized carbons (Fsp3) is 0.250. The average molecular weight is 268 g/mol. The predicted octanol–water partition coefficient (Wildman–Crippen LogP) is 3.04. The molecule has 3 nitrogen and oxygen atoms in total. The van der Waals surface area contributed by atoms with Crippen LogP contribution in [0, 0.1) is 0 Å². The third kappa shape index (κ3) is 2.70. The van der Waals surface area contributed by atoms with E-state index in [1.54, 1.807) is 11.3 Å². The van der Waals surface area contributed by atoms with E-state index in [0.717, 1.165) is 27.0 Å². The number of aromatic nitrogens is 1. The predicted molar refractivity (Wildman–Crippen MR) is 75.1 cm³/mol. The Balaban J connectivity index is 2.27. The summed E-state index contributed by atoms with van der Waals surface area (Å²) in [6.07, 6.45) is 0.733. The van der Waals surface area contributed by atoms with Crippen LogP contribution in [0.25, 0.3) is 0 Å². The zero-order valence-electron chi connectivity index (χ0n) is 9.77. The van der Waals surface area contributed by atoms with Gasteiger partial charge in [0.2, 0.25) is 0 Å². The van der Waals surface area contributed by atoms with Crippen molar-refractivity contribution in [3.8, 4) is 0 Å². The smallest absolute Gasteiger partial charge is 0.187 e. The molecule has 2 aromatic rings. The van der Waals surface area contributed by atoms with Crippen LogP contribution in [-0.4, -0.2) is 19.1 Å². The maximum Gasteiger partial charge on any atom is 0.187 e. The Bertz CT molecular complexity index is 522. The van der Waals surface area contributed by atoms with E-state index in [0.29, 0.717) is 5.82 Å². The van der Waals surface area contributed by atoms with Crippen LogP contribution in [-0.2, 0) is 6.42 Å². The number of hydrogen-bond donors (Lipinski definition) is 1. The minimum atomic E-state index is 0.596. The number of anilines is 2. The Morgan fingerprint density at radius 3 is 2.65 bits per heavy atom. The van der Waals surface area contributed by atoms with Crippen LogP contribution in [0.3, 0.4) is 0 Å². The van der Waals surface area contributed by atoms with Gasteiger partial charge in [0.1, 0.15) is 5.82 Å². The Labute approximate surface area is 110 Å². The minimum absolute atomic E-state index is 0.596. The molecule has 2 rings (SSSR count). The summed E-state index contributed by atoms with van der Waals surface area (Å²) in [5.41, 5.74) is 6.99. The first-order valence-electron chi connectivity index (χ1n) is 5.24. The molecule has 90 valence electrons. The Morgan fingerprint density at radius 2 is 2.06 bits per heavy atom. The van der Waals surface area contributed by atoms with E-state index in [1.165, 1.54) is 0 Å². The topological polar surface area (TPSA) is 42.2 Å². The molecule has 17 heavy (non-hydrogen) atoms. The van der Waals surface area contributed by atoms with E-state index in [4.69, 9.17) is 17.3 Å². The Kier molecular flexibility index (Phi) is 3.54. The first-order chi connectivity index (χ1) is 8.08. The summed E-state index contributed by atoms with van der Waals surface area (Å²) in [6, 6.07) is 7.80. The zero-order valence-corrected chi connectivity index (χ0v) is 11.3. The molecule has 1 aromatic carbocycles. The largest absolute Gasteiger partial charge is 0.383 e. The fourth-order valence-corrected chi connectivity index (χ4v) is 2.61. The number of thiazole rings is 1. The summed E-state index contributed by atoms with van der Waals surface area (Å²) in [4.78, 5) is 7.33. The molecule has 0 atom stereocenters. The monoisotopic (exact) mass is 267 g/mol. The van der Waals surface area contributed by atoms with Crippen molar-refractivity contribution in [2.75, 3.05) is 24.7 Å². The van der Waals surface area contributed by atoms with E-state index >= 15 is 0 Å². The number of hydrogen-bond acceptors (Lipinski definition) is 4. The van der Waals surface area contributed by atoms with Crippen LogP contribution in [0.5, 0.6) is 0 Å². The van der Waals surface area contributed by atoms with Crippen molar-refractivity contribution in [3.63, 3.8) is 0 Å². The Hall–Kier alpha value is -1.26. The van der Waals surface area contributed by atoms with Crippen LogP contribution in [0.15, 0.2) is 24.3 Å². The second-order valence-electron chi connectivity index (χ2n) is 3.97. The molecule has 0 unspecified atom stereocenters. The van der Waals surface area contributed by atoms with Gasteiger partial charge in [-0.3, -0.25) is 0 Å². The Morgan fingerprint density at radius 1 is 1.35 bits per heavy atom. The van der Waals surface area contributed by atoms with Crippen LogP contribution in [0.2, 0.25) is 5.02 Å². The van der Waals surface area contributed by atoms with Crippen LogP contribution in [0.1, 0.15) is 10.4 Å². The van der Waals surface area contributed by atoms with Crippen molar-refractivity contribution >= 4 is 33.9 Å². The van der Waals surface area contributed by atoms with E-state index in [1.807, 2.05) is 43.3 Å². The highest BCUT2D eigenvalue weighted by atomic mass is 35.5. The number of benzene rings is 1. The molecule has 0 aliphatic rings. The van der Waals surface area contributed by atoms with Crippen LogP contribution >= 0.6 is 22.9 Å². The van der Waals surface area contributed by atoms with Crippen molar-refractivity contribution < 1.29 is 0 Å². The first kappa shape index (κ1) is 12.2. The molecule has 0 amide bonds. The van der Waals surface area contributed by atoms with Gasteiger partial charge in [0.15, 0.2) is 5.13 Å². The fourth-order valence-electron chi connectivity index (χ4n) is 1.48. The van der Waals surface area contributed by atoms with E-state index in [-0.39, 0.29) is 0 Å². The highest BCUT2D eigenvalue weighted by Gasteiger charge is 2.11. The highest BCUT2D eigenvalue weighted by Crippen LogP contribution is 2.30. The van der Waals surface area contributed by atoms with Crippen LogP contribution in [0.4, 0.5) is 10.9 Å². The van der Waals surface area contributed by atoms with Gasteiger partial charge in [0.25, 0.3) is 0 Å². The molecule has 1 heterocycles. The van der Waals surface area contributed by atoms with Gasteiger partial charge in [0, 0.05) is 25.5 Å². The number of nitrogens with two attached hydrogens (primary N) is 1. The quantitative estimate of drug-likeness (QED) is 0.929. The van der Waals surface area contributed by atoms with Gasteiger partial charge in [0.05, 0.1) is 4.88 Å². The lowest BCUT2D eigenvalue weighted by Crippen LogP contribution is -2.07.